The van der Waals surface area contributed by atoms with Crippen molar-refractivity contribution in [1.82, 2.24) is 15.5 Å². The molecule has 2 heterocycles. The molecule has 0 radical (unpaired) electrons. The Hall–Kier alpha value is -1.20. The van der Waals surface area contributed by atoms with Crippen LogP contribution in [0.2, 0.25) is 0 Å². The van der Waals surface area contributed by atoms with Crippen molar-refractivity contribution in [2.24, 2.45) is 0 Å². The zero-order chi connectivity index (χ0) is 13.1. The molecule has 0 bridgehead atoms. The van der Waals surface area contributed by atoms with E-state index in [1.807, 2.05) is 0 Å². The molecule has 19 heavy (non-hydrogen) atoms. The minimum Gasteiger partial charge on any atom is -0.377 e. The van der Waals surface area contributed by atoms with E-state index in [2.05, 4.69) is 39.5 Å². The van der Waals surface area contributed by atoms with Crippen LogP contribution >= 0.6 is 0 Å². The number of aromatic nitrogens is 2. The fraction of sp³-hybridized carbons (Fsp3) is 0.714. The average Bonchev–Trinajstić information content (AvgIpc) is 3.25. The molecule has 0 spiro atoms. The van der Waals surface area contributed by atoms with Gasteiger partial charge >= 0.3 is 0 Å². The molecule has 1 aliphatic carbocycles. The molecule has 2 fully saturated rings. The first-order valence-electron chi connectivity index (χ1n) is 7.24. The standard InChI is InChI=1S/C14H22N4O/c1-11-10-18(7-2-8-19-11)14-6-5-13(16-17-14)9-15-12-3-4-12/h5-6,11-12,15H,2-4,7-10H2,1H3. The van der Waals surface area contributed by atoms with Gasteiger partial charge < -0.3 is 15.0 Å². The van der Waals surface area contributed by atoms with Crippen LogP contribution in [0.25, 0.3) is 0 Å². The second-order valence-corrected chi connectivity index (χ2v) is 5.52. The molecule has 1 aliphatic heterocycles. The maximum Gasteiger partial charge on any atom is 0.151 e. The highest BCUT2D eigenvalue weighted by molar-refractivity contribution is 5.37. The molecular formula is C14H22N4O. The van der Waals surface area contributed by atoms with E-state index >= 15 is 0 Å². The molecule has 0 aromatic carbocycles. The first-order chi connectivity index (χ1) is 9.31. The Morgan fingerprint density at radius 3 is 3.00 bits per heavy atom. The van der Waals surface area contributed by atoms with Crippen LogP contribution in [0.15, 0.2) is 12.1 Å². The van der Waals surface area contributed by atoms with Crippen molar-refractivity contribution in [2.75, 3.05) is 24.6 Å². The summed E-state index contributed by atoms with van der Waals surface area (Å²) in [5, 5.41) is 12.1. The monoisotopic (exact) mass is 262 g/mol. The molecule has 104 valence electrons. The SMILES string of the molecule is CC1CN(c2ccc(CNC3CC3)nn2)CCCO1. The second-order valence-electron chi connectivity index (χ2n) is 5.52. The van der Waals surface area contributed by atoms with Gasteiger partial charge in [0.05, 0.1) is 11.8 Å². The minimum atomic E-state index is 0.264. The van der Waals surface area contributed by atoms with E-state index in [9.17, 15) is 0 Å². The van der Waals surface area contributed by atoms with Crippen molar-refractivity contribution >= 4 is 5.82 Å². The summed E-state index contributed by atoms with van der Waals surface area (Å²) in [5.74, 6) is 0.965. The van der Waals surface area contributed by atoms with Crippen LogP contribution in [-0.2, 0) is 11.3 Å². The lowest BCUT2D eigenvalue weighted by atomic mass is 10.3. The Balaban J connectivity index is 1.60. The average molecular weight is 262 g/mol. The van der Waals surface area contributed by atoms with Gasteiger partial charge in [0.25, 0.3) is 0 Å². The molecule has 0 amide bonds. The summed E-state index contributed by atoms with van der Waals surface area (Å²) in [5.41, 5.74) is 1.02. The normalized spacial score (nSPS) is 24.3. The van der Waals surface area contributed by atoms with Crippen molar-refractivity contribution in [3.63, 3.8) is 0 Å². The van der Waals surface area contributed by atoms with Gasteiger partial charge in [0.1, 0.15) is 0 Å². The van der Waals surface area contributed by atoms with Crippen LogP contribution < -0.4 is 10.2 Å². The summed E-state index contributed by atoms with van der Waals surface area (Å²) in [7, 11) is 0. The first-order valence-corrected chi connectivity index (χ1v) is 7.24. The van der Waals surface area contributed by atoms with Crippen molar-refractivity contribution in [3.8, 4) is 0 Å². The largest absolute Gasteiger partial charge is 0.377 e. The van der Waals surface area contributed by atoms with Gasteiger partial charge in [-0.1, -0.05) is 0 Å². The van der Waals surface area contributed by atoms with Crippen LogP contribution in [0.5, 0.6) is 0 Å². The summed E-state index contributed by atoms with van der Waals surface area (Å²) < 4.78 is 5.65. The molecule has 1 aromatic heterocycles. The van der Waals surface area contributed by atoms with E-state index in [0.717, 1.165) is 44.2 Å². The molecule has 5 heteroatoms. The highest BCUT2D eigenvalue weighted by Crippen LogP contribution is 2.19. The first kappa shape index (κ1) is 12.8. The Kier molecular flexibility index (Phi) is 3.94. The maximum atomic E-state index is 5.65. The highest BCUT2D eigenvalue weighted by atomic mass is 16.5. The second kappa shape index (κ2) is 5.84. The fourth-order valence-electron chi connectivity index (χ4n) is 2.35. The van der Waals surface area contributed by atoms with E-state index < -0.39 is 0 Å². The molecule has 1 unspecified atom stereocenters. The lowest BCUT2D eigenvalue weighted by Gasteiger charge is -2.22. The third kappa shape index (κ3) is 3.64. The minimum absolute atomic E-state index is 0.264. The zero-order valence-electron chi connectivity index (χ0n) is 11.5. The lowest BCUT2D eigenvalue weighted by Crippen LogP contribution is -2.31. The fourth-order valence-corrected chi connectivity index (χ4v) is 2.35. The predicted molar refractivity (Wildman–Crippen MR) is 74.1 cm³/mol. The van der Waals surface area contributed by atoms with Gasteiger partial charge in [0, 0.05) is 32.3 Å². The number of hydrogen-bond donors (Lipinski definition) is 1. The molecule has 1 saturated carbocycles. The summed E-state index contributed by atoms with van der Waals surface area (Å²) in [6.07, 6.45) is 3.92. The Morgan fingerprint density at radius 2 is 2.26 bits per heavy atom. The van der Waals surface area contributed by atoms with Crippen LogP contribution in [-0.4, -0.2) is 42.0 Å². The van der Waals surface area contributed by atoms with Crippen molar-refractivity contribution in [1.29, 1.82) is 0 Å². The van der Waals surface area contributed by atoms with Gasteiger partial charge in [-0.3, -0.25) is 0 Å². The van der Waals surface area contributed by atoms with Crippen molar-refractivity contribution in [2.45, 2.75) is 44.9 Å². The molecule has 2 aliphatic rings. The number of ether oxygens (including phenoxy) is 1. The van der Waals surface area contributed by atoms with E-state index in [1.165, 1.54) is 12.8 Å². The molecule has 1 atom stereocenters. The van der Waals surface area contributed by atoms with Gasteiger partial charge in [0.15, 0.2) is 5.82 Å². The molecule has 1 aromatic rings. The van der Waals surface area contributed by atoms with E-state index in [4.69, 9.17) is 4.74 Å². The Morgan fingerprint density at radius 1 is 1.37 bits per heavy atom. The van der Waals surface area contributed by atoms with E-state index in [-0.39, 0.29) is 6.10 Å². The van der Waals surface area contributed by atoms with Gasteiger partial charge in [0.2, 0.25) is 0 Å². The van der Waals surface area contributed by atoms with Crippen LogP contribution in [0.3, 0.4) is 0 Å². The maximum absolute atomic E-state index is 5.65. The van der Waals surface area contributed by atoms with Crippen LogP contribution in [0.1, 0.15) is 31.9 Å². The number of hydrogen-bond acceptors (Lipinski definition) is 5. The number of nitrogens with zero attached hydrogens (tertiary/aromatic N) is 3. The molecule has 1 N–H and O–H groups in total. The lowest BCUT2D eigenvalue weighted by molar-refractivity contribution is 0.0820. The number of rotatable bonds is 4. The van der Waals surface area contributed by atoms with Crippen LogP contribution in [0.4, 0.5) is 5.82 Å². The summed E-state index contributed by atoms with van der Waals surface area (Å²) >= 11 is 0. The van der Waals surface area contributed by atoms with E-state index in [1.54, 1.807) is 0 Å². The van der Waals surface area contributed by atoms with Gasteiger partial charge in [-0.15, -0.1) is 5.10 Å². The van der Waals surface area contributed by atoms with Gasteiger partial charge in [-0.05, 0) is 38.3 Å². The number of nitrogens with one attached hydrogen (secondary N) is 1. The Labute approximate surface area is 114 Å². The van der Waals surface area contributed by atoms with Crippen molar-refractivity contribution < 1.29 is 4.74 Å². The van der Waals surface area contributed by atoms with Gasteiger partial charge in [-0.25, -0.2) is 0 Å². The third-order valence-corrected chi connectivity index (χ3v) is 3.63. The van der Waals surface area contributed by atoms with Crippen LogP contribution in [0, 0.1) is 0 Å². The van der Waals surface area contributed by atoms with Gasteiger partial charge in [-0.2, -0.15) is 5.10 Å². The molecule has 3 rings (SSSR count). The van der Waals surface area contributed by atoms with Crippen molar-refractivity contribution in [3.05, 3.63) is 17.8 Å². The van der Waals surface area contributed by atoms with E-state index in [0.29, 0.717) is 6.04 Å². The highest BCUT2D eigenvalue weighted by Gasteiger charge is 2.20. The quantitative estimate of drug-likeness (QED) is 0.887. The molecule has 1 saturated heterocycles. The topological polar surface area (TPSA) is 50.3 Å². The summed E-state index contributed by atoms with van der Waals surface area (Å²) in [4.78, 5) is 2.27. The zero-order valence-corrected chi connectivity index (χ0v) is 11.5. The molecular weight excluding hydrogens is 240 g/mol. The third-order valence-electron chi connectivity index (χ3n) is 3.63. The summed E-state index contributed by atoms with van der Waals surface area (Å²) in [6.45, 7) is 5.68. The number of anilines is 1. The molecule has 5 nitrogen and oxygen atoms in total. The summed E-state index contributed by atoms with van der Waals surface area (Å²) in [6, 6.07) is 4.87. The predicted octanol–water partition coefficient (Wildman–Crippen LogP) is 1.34. The smallest absolute Gasteiger partial charge is 0.151 e. The Bertz CT molecular complexity index is 404.